The largest absolute Gasteiger partial charge is 0.478 e. The highest BCUT2D eigenvalue weighted by atomic mass is 16.4. The van der Waals surface area contributed by atoms with Crippen LogP contribution in [0.3, 0.4) is 0 Å². The zero-order chi connectivity index (χ0) is 26.1. The van der Waals surface area contributed by atoms with Gasteiger partial charge in [-0.3, -0.25) is 4.79 Å². The Morgan fingerprint density at radius 2 is 1.89 bits per heavy atom. The lowest BCUT2D eigenvalue weighted by atomic mass is 10.0. The molecule has 0 aliphatic heterocycles. The van der Waals surface area contributed by atoms with Gasteiger partial charge in [-0.25, -0.2) is 9.48 Å². The number of fused-ring (bicyclic) bond motifs is 1. The minimum Gasteiger partial charge on any atom is -0.478 e. The van der Waals surface area contributed by atoms with Gasteiger partial charge < -0.3 is 14.8 Å². The molecule has 0 radical (unpaired) electrons. The molecule has 8 nitrogen and oxygen atoms in total. The van der Waals surface area contributed by atoms with E-state index in [1.54, 1.807) is 59.5 Å². The van der Waals surface area contributed by atoms with Crippen LogP contribution < -0.4 is 10.7 Å². The number of aryl methyl sites for hydroxylation is 1. The lowest BCUT2D eigenvalue weighted by Crippen LogP contribution is -2.12. The van der Waals surface area contributed by atoms with Crippen molar-refractivity contribution in [3.63, 3.8) is 0 Å². The summed E-state index contributed by atoms with van der Waals surface area (Å²) in [5.41, 5.74) is 4.08. The van der Waals surface area contributed by atoms with Crippen molar-refractivity contribution in [2.24, 2.45) is 0 Å². The average Bonchev–Trinajstić information content (AvgIpc) is 3.39. The van der Waals surface area contributed by atoms with Gasteiger partial charge in [0.05, 0.1) is 40.0 Å². The normalized spacial score (nSPS) is 11.7. The molecule has 0 bridgehead atoms. The first-order chi connectivity index (χ1) is 17.9. The number of aromatic carboxylic acids is 1. The molecular formula is C29H22N4O4. The number of carbonyl (C=O) groups is 1. The molecule has 182 valence electrons. The lowest BCUT2D eigenvalue weighted by Gasteiger charge is -2.19. The van der Waals surface area contributed by atoms with Crippen molar-refractivity contribution in [3.8, 4) is 23.1 Å². The van der Waals surface area contributed by atoms with Crippen LogP contribution in [0.5, 0.6) is 0 Å². The summed E-state index contributed by atoms with van der Waals surface area (Å²) in [4.78, 5) is 24.8. The maximum Gasteiger partial charge on any atom is 0.337 e. The minimum absolute atomic E-state index is 0.151. The molecule has 0 saturated heterocycles. The SMILES string of the molecule is Cc1cc(C(C)Nc2ccccc2C(=O)O)c2oc(-c3cnn(-c4ccccc4C#N)c3)cc(=O)c2c1. The van der Waals surface area contributed by atoms with Gasteiger partial charge in [0.25, 0.3) is 0 Å². The van der Waals surface area contributed by atoms with Gasteiger partial charge in [0.2, 0.25) is 0 Å². The van der Waals surface area contributed by atoms with Crippen LogP contribution in [0.1, 0.15) is 40.0 Å². The molecule has 2 N–H and O–H groups in total. The van der Waals surface area contributed by atoms with Crippen LogP contribution in [-0.2, 0) is 0 Å². The molecule has 0 spiro atoms. The summed E-state index contributed by atoms with van der Waals surface area (Å²) in [5, 5.41) is 27.0. The second-order valence-electron chi connectivity index (χ2n) is 8.73. The van der Waals surface area contributed by atoms with Crippen molar-refractivity contribution in [3.05, 3.63) is 112 Å². The average molecular weight is 491 g/mol. The van der Waals surface area contributed by atoms with Gasteiger partial charge in [-0.05, 0) is 49.7 Å². The molecular weight excluding hydrogens is 468 g/mol. The molecule has 37 heavy (non-hydrogen) atoms. The summed E-state index contributed by atoms with van der Waals surface area (Å²) < 4.78 is 7.85. The van der Waals surface area contributed by atoms with E-state index in [0.29, 0.717) is 39.2 Å². The fourth-order valence-corrected chi connectivity index (χ4v) is 4.35. The number of nitrogens with zero attached hydrogens (tertiary/aromatic N) is 3. The third-order valence-corrected chi connectivity index (χ3v) is 6.14. The second-order valence-corrected chi connectivity index (χ2v) is 8.73. The summed E-state index contributed by atoms with van der Waals surface area (Å²) in [6, 6.07) is 20.7. The zero-order valence-corrected chi connectivity index (χ0v) is 20.1. The van der Waals surface area contributed by atoms with Gasteiger partial charge in [0, 0.05) is 23.5 Å². The van der Waals surface area contributed by atoms with Crippen LogP contribution in [0.15, 0.2) is 88.3 Å². The molecule has 5 rings (SSSR count). The van der Waals surface area contributed by atoms with Crippen molar-refractivity contribution in [2.75, 3.05) is 5.32 Å². The van der Waals surface area contributed by atoms with Crippen molar-refractivity contribution >= 4 is 22.6 Å². The summed E-state index contributed by atoms with van der Waals surface area (Å²) in [7, 11) is 0. The van der Waals surface area contributed by atoms with Crippen LogP contribution >= 0.6 is 0 Å². The predicted octanol–water partition coefficient (Wildman–Crippen LogP) is 5.70. The predicted molar refractivity (Wildman–Crippen MR) is 140 cm³/mol. The van der Waals surface area contributed by atoms with E-state index in [1.807, 2.05) is 26.0 Å². The first-order valence-corrected chi connectivity index (χ1v) is 11.6. The van der Waals surface area contributed by atoms with E-state index in [2.05, 4.69) is 16.5 Å². The van der Waals surface area contributed by atoms with E-state index in [1.165, 1.54) is 12.1 Å². The van der Waals surface area contributed by atoms with Gasteiger partial charge in [-0.2, -0.15) is 10.4 Å². The molecule has 3 aromatic carbocycles. The number of nitrogens with one attached hydrogen (secondary N) is 1. The van der Waals surface area contributed by atoms with Gasteiger partial charge in [0.1, 0.15) is 17.4 Å². The van der Waals surface area contributed by atoms with Crippen molar-refractivity contribution in [1.29, 1.82) is 5.26 Å². The van der Waals surface area contributed by atoms with Crippen molar-refractivity contribution in [2.45, 2.75) is 19.9 Å². The number of hydrogen-bond acceptors (Lipinski definition) is 6. The van der Waals surface area contributed by atoms with E-state index >= 15 is 0 Å². The highest BCUT2D eigenvalue weighted by molar-refractivity contribution is 5.94. The number of nitriles is 1. The molecule has 5 aromatic rings. The molecule has 0 saturated carbocycles. The zero-order valence-electron chi connectivity index (χ0n) is 20.1. The summed E-state index contributed by atoms with van der Waals surface area (Å²) in [5.74, 6) is -0.699. The topological polar surface area (TPSA) is 121 Å². The fourth-order valence-electron chi connectivity index (χ4n) is 4.35. The quantitative estimate of drug-likeness (QED) is 0.313. The Balaban J connectivity index is 1.59. The molecule has 0 fully saturated rings. The Labute approximate surface area is 212 Å². The van der Waals surface area contributed by atoms with Gasteiger partial charge in [-0.15, -0.1) is 0 Å². The highest BCUT2D eigenvalue weighted by Gasteiger charge is 2.19. The molecule has 0 aliphatic rings. The highest BCUT2D eigenvalue weighted by Crippen LogP contribution is 2.31. The smallest absolute Gasteiger partial charge is 0.337 e. The summed E-state index contributed by atoms with van der Waals surface area (Å²) >= 11 is 0. The number of aromatic nitrogens is 2. The summed E-state index contributed by atoms with van der Waals surface area (Å²) in [6.45, 7) is 3.78. The third kappa shape index (κ3) is 4.46. The minimum atomic E-state index is -1.03. The van der Waals surface area contributed by atoms with Crippen LogP contribution in [0.4, 0.5) is 5.69 Å². The molecule has 2 aromatic heterocycles. The Hall–Kier alpha value is -5.16. The number of rotatable bonds is 6. The monoisotopic (exact) mass is 490 g/mol. The Bertz CT molecular complexity index is 1760. The van der Waals surface area contributed by atoms with E-state index in [-0.39, 0.29) is 17.0 Å². The number of para-hydroxylation sites is 2. The fraction of sp³-hybridized carbons (Fsp3) is 0.103. The molecule has 0 aliphatic carbocycles. The number of carboxylic acid groups (broad SMARTS) is 1. The van der Waals surface area contributed by atoms with Gasteiger partial charge in [-0.1, -0.05) is 30.3 Å². The Kier molecular flexibility index (Phi) is 6.04. The Morgan fingerprint density at radius 3 is 2.68 bits per heavy atom. The van der Waals surface area contributed by atoms with E-state index in [4.69, 9.17) is 4.42 Å². The van der Waals surface area contributed by atoms with E-state index in [0.717, 1.165) is 11.1 Å². The van der Waals surface area contributed by atoms with Crippen LogP contribution in [0.25, 0.3) is 28.0 Å². The number of hydrogen-bond donors (Lipinski definition) is 2. The third-order valence-electron chi connectivity index (χ3n) is 6.14. The second kappa shape index (κ2) is 9.47. The van der Waals surface area contributed by atoms with E-state index in [9.17, 15) is 20.0 Å². The van der Waals surface area contributed by atoms with Crippen molar-refractivity contribution < 1.29 is 14.3 Å². The molecule has 8 heteroatoms. The van der Waals surface area contributed by atoms with Crippen LogP contribution in [0, 0.1) is 18.3 Å². The molecule has 1 atom stereocenters. The molecule has 1 unspecified atom stereocenters. The van der Waals surface area contributed by atoms with Crippen LogP contribution in [-0.4, -0.2) is 20.9 Å². The summed E-state index contributed by atoms with van der Waals surface area (Å²) in [6.07, 6.45) is 3.29. The van der Waals surface area contributed by atoms with Gasteiger partial charge >= 0.3 is 5.97 Å². The maximum atomic E-state index is 13.2. The molecule has 2 heterocycles. The number of anilines is 1. The van der Waals surface area contributed by atoms with E-state index < -0.39 is 5.97 Å². The van der Waals surface area contributed by atoms with Gasteiger partial charge in [0.15, 0.2) is 5.43 Å². The number of benzene rings is 3. The standard InChI is InChI=1S/C29H22N4O4/c1-17-11-22(18(2)32-24-9-5-4-8-21(24)29(35)36)28-23(12-17)26(34)13-27(37-28)20-15-31-33(16-20)25-10-6-3-7-19(25)14-30/h3-13,15-16,18,32H,1-2H3,(H,35,36). The first kappa shape index (κ1) is 23.6. The maximum absolute atomic E-state index is 13.2. The number of carboxylic acids is 1. The Morgan fingerprint density at radius 1 is 1.14 bits per heavy atom. The van der Waals surface area contributed by atoms with Crippen molar-refractivity contribution in [1.82, 2.24) is 9.78 Å². The first-order valence-electron chi connectivity index (χ1n) is 11.6. The van der Waals surface area contributed by atoms with Crippen LogP contribution in [0.2, 0.25) is 0 Å². The lowest BCUT2D eigenvalue weighted by molar-refractivity contribution is 0.0698. The molecule has 0 amide bonds.